The Labute approximate surface area is 149 Å². The van der Waals surface area contributed by atoms with Crippen molar-refractivity contribution in [3.05, 3.63) is 53.1 Å². The van der Waals surface area contributed by atoms with Gasteiger partial charge in [-0.25, -0.2) is 8.42 Å². The van der Waals surface area contributed by atoms with E-state index in [0.717, 1.165) is 23.4 Å². The second kappa shape index (κ2) is 6.80. The molecule has 0 saturated carbocycles. The van der Waals surface area contributed by atoms with E-state index < -0.39 is 20.0 Å². The summed E-state index contributed by atoms with van der Waals surface area (Å²) in [5.74, 6) is 0.341. The summed E-state index contributed by atoms with van der Waals surface area (Å²) in [6.07, 6.45) is 1.03. The van der Waals surface area contributed by atoms with Crippen LogP contribution in [0.25, 0.3) is 0 Å². The molecule has 136 valence electrons. The van der Waals surface area contributed by atoms with Crippen LogP contribution < -0.4 is 4.18 Å². The van der Waals surface area contributed by atoms with E-state index in [0.29, 0.717) is 5.56 Å². The zero-order valence-electron chi connectivity index (χ0n) is 14.9. The first-order chi connectivity index (χ1) is 11.4. The topological polar surface area (TPSA) is 77.5 Å². The first kappa shape index (κ1) is 19.5. The van der Waals surface area contributed by atoms with Crippen LogP contribution in [0.3, 0.4) is 0 Å². The van der Waals surface area contributed by atoms with Crippen molar-refractivity contribution in [3.8, 4) is 5.75 Å². The van der Waals surface area contributed by atoms with Gasteiger partial charge < -0.3 is 4.18 Å². The highest BCUT2D eigenvalue weighted by molar-refractivity contribution is 7.90. The highest BCUT2D eigenvalue weighted by Crippen LogP contribution is 2.31. The van der Waals surface area contributed by atoms with Crippen molar-refractivity contribution in [1.82, 2.24) is 0 Å². The van der Waals surface area contributed by atoms with Gasteiger partial charge >= 0.3 is 10.1 Å². The fourth-order valence-corrected chi connectivity index (χ4v) is 4.36. The summed E-state index contributed by atoms with van der Waals surface area (Å²) in [6, 6.07) is 9.39. The fourth-order valence-electron chi connectivity index (χ4n) is 2.43. The molecule has 0 spiro atoms. The standard InChI is InChI=1S/C18H22O5S2/c1-12(2)16-9-6-13(3)10-17(16)23-25(21,22)18-11-15(24(5,19)20)8-7-14(18)4/h6-12H,1-5H3. The van der Waals surface area contributed by atoms with Crippen molar-refractivity contribution in [1.29, 1.82) is 0 Å². The first-order valence-electron chi connectivity index (χ1n) is 7.77. The van der Waals surface area contributed by atoms with Crippen LogP contribution in [0.4, 0.5) is 0 Å². The molecule has 0 fully saturated rings. The minimum atomic E-state index is -4.16. The second-order valence-corrected chi connectivity index (χ2v) is 9.96. The lowest BCUT2D eigenvalue weighted by molar-refractivity contribution is 0.480. The van der Waals surface area contributed by atoms with E-state index in [1.165, 1.54) is 12.1 Å². The Kier molecular flexibility index (Phi) is 5.30. The molecule has 0 amide bonds. The maximum Gasteiger partial charge on any atom is 0.339 e. The van der Waals surface area contributed by atoms with Gasteiger partial charge in [0.2, 0.25) is 0 Å². The lowest BCUT2D eigenvalue weighted by Gasteiger charge is -2.16. The normalized spacial score (nSPS) is 12.4. The van der Waals surface area contributed by atoms with E-state index in [9.17, 15) is 16.8 Å². The molecule has 0 bridgehead atoms. The Morgan fingerprint density at radius 1 is 0.920 bits per heavy atom. The van der Waals surface area contributed by atoms with Gasteiger partial charge in [-0.15, -0.1) is 0 Å². The Morgan fingerprint density at radius 2 is 1.56 bits per heavy atom. The van der Waals surface area contributed by atoms with Crippen molar-refractivity contribution >= 4 is 20.0 Å². The van der Waals surface area contributed by atoms with Gasteiger partial charge in [-0.05, 0) is 54.7 Å². The SMILES string of the molecule is Cc1ccc(C(C)C)c(OS(=O)(=O)c2cc(S(C)(=O)=O)ccc2C)c1. The van der Waals surface area contributed by atoms with E-state index in [-0.39, 0.29) is 21.5 Å². The molecule has 0 N–H and O–H groups in total. The van der Waals surface area contributed by atoms with Gasteiger partial charge in [-0.3, -0.25) is 0 Å². The average Bonchev–Trinajstić information content (AvgIpc) is 2.45. The maximum absolute atomic E-state index is 12.8. The predicted molar refractivity (Wildman–Crippen MR) is 97.4 cm³/mol. The molecule has 0 aliphatic rings. The summed E-state index contributed by atoms with van der Waals surface area (Å²) in [7, 11) is -7.69. The van der Waals surface area contributed by atoms with Crippen LogP contribution >= 0.6 is 0 Å². The monoisotopic (exact) mass is 382 g/mol. The molecular weight excluding hydrogens is 360 g/mol. The third-order valence-corrected chi connectivity index (χ3v) is 6.34. The van der Waals surface area contributed by atoms with Gasteiger partial charge in [0, 0.05) is 6.26 Å². The van der Waals surface area contributed by atoms with Crippen molar-refractivity contribution in [2.24, 2.45) is 0 Å². The third-order valence-electron chi connectivity index (χ3n) is 3.85. The van der Waals surface area contributed by atoms with E-state index in [1.807, 2.05) is 32.9 Å². The lowest BCUT2D eigenvalue weighted by Crippen LogP contribution is -2.14. The largest absolute Gasteiger partial charge is 0.379 e. The molecule has 0 radical (unpaired) electrons. The molecule has 7 heteroatoms. The summed E-state index contributed by atoms with van der Waals surface area (Å²) >= 11 is 0. The summed E-state index contributed by atoms with van der Waals surface area (Å²) in [5, 5.41) is 0. The van der Waals surface area contributed by atoms with Crippen LogP contribution in [-0.2, 0) is 20.0 Å². The highest BCUT2D eigenvalue weighted by Gasteiger charge is 2.23. The molecule has 0 unspecified atom stereocenters. The summed E-state index contributed by atoms with van der Waals surface area (Å²) in [5.41, 5.74) is 2.06. The Morgan fingerprint density at radius 3 is 2.12 bits per heavy atom. The molecule has 0 saturated heterocycles. The lowest BCUT2D eigenvalue weighted by atomic mass is 10.0. The van der Waals surface area contributed by atoms with Gasteiger partial charge in [0.15, 0.2) is 9.84 Å². The summed E-state index contributed by atoms with van der Waals surface area (Å²) < 4.78 is 54.4. The van der Waals surface area contributed by atoms with Crippen molar-refractivity contribution in [2.75, 3.05) is 6.26 Å². The maximum atomic E-state index is 12.8. The average molecular weight is 383 g/mol. The molecule has 0 atom stereocenters. The molecule has 0 aliphatic carbocycles. The van der Waals surface area contributed by atoms with Crippen LogP contribution in [0.2, 0.25) is 0 Å². The van der Waals surface area contributed by atoms with E-state index in [4.69, 9.17) is 4.18 Å². The fraction of sp³-hybridized carbons (Fsp3) is 0.333. The minimum Gasteiger partial charge on any atom is -0.379 e. The smallest absolute Gasteiger partial charge is 0.339 e. The minimum absolute atomic E-state index is 0.0615. The predicted octanol–water partition coefficient (Wildman–Crippen LogP) is 3.60. The number of hydrogen-bond donors (Lipinski definition) is 0. The molecule has 2 rings (SSSR count). The van der Waals surface area contributed by atoms with Gasteiger partial charge in [-0.1, -0.05) is 32.0 Å². The van der Waals surface area contributed by atoms with Crippen LogP contribution in [0.15, 0.2) is 46.2 Å². The van der Waals surface area contributed by atoms with Gasteiger partial charge in [-0.2, -0.15) is 8.42 Å². The quantitative estimate of drug-likeness (QED) is 0.739. The molecule has 0 aromatic heterocycles. The highest BCUT2D eigenvalue weighted by atomic mass is 32.2. The first-order valence-corrected chi connectivity index (χ1v) is 11.1. The van der Waals surface area contributed by atoms with Crippen molar-refractivity contribution < 1.29 is 21.0 Å². The van der Waals surface area contributed by atoms with E-state index >= 15 is 0 Å². The molecule has 5 nitrogen and oxygen atoms in total. The number of sulfone groups is 1. The molecule has 2 aromatic rings. The molecular formula is C18H22O5S2. The molecule has 0 heterocycles. The number of hydrogen-bond acceptors (Lipinski definition) is 5. The van der Waals surface area contributed by atoms with E-state index in [2.05, 4.69) is 0 Å². The van der Waals surface area contributed by atoms with Gasteiger partial charge in [0.25, 0.3) is 0 Å². The Bertz CT molecular complexity index is 1000. The summed E-state index contributed by atoms with van der Waals surface area (Å²) in [6.45, 7) is 7.33. The Hall–Kier alpha value is -1.86. The van der Waals surface area contributed by atoms with Crippen LogP contribution in [0.5, 0.6) is 5.75 Å². The van der Waals surface area contributed by atoms with Crippen molar-refractivity contribution in [3.63, 3.8) is 0 Å². The third kappa shape index (κ3) is 4.41. The molecule has 0 aliphatic heterocycles. The number of benzene rings is 2. The van der Waals surface area contributed by atoms with E-state index in [1.54, 1.807) is 13.0 Å². The van der Waals surface area contributed by atoms with Crippen LogP contribution in [0.1, 0.15) is 36.5 Å². The zero-order chi connectivity index (χ0) is 19.0. The number of rotatable bonds is 5. The Balaban J connectivity index is 2.57. The van der Waals surface area contributed by atoms with Gasteiger partial charge in [0.1, 0.15) is 10.6 Å². The second-order valence-electron chi connectivity index (χ2n) is 6.43. The zero-order valence-corrected chi connectivity index (χ0v) is 16.5. The van der Waals surface area contributed by atoms with Crippen LogP contribution in [0, 0.1) is 13.8 Å². The summed E-state index contributed by atoms with van der Waals surface area (Å²) in [4.78, 5) is -0.208. The molecule has 2 aromatic carbocycles. The van der Waals surface area contributed by atoms with Gasteiger partial charge in [0.05, 0.1) is 4.90 Å². The molecule has 25 heavy (non-hydrogen) atoms. The number of aryl methyl sites for hydroxylation is 2. The van der Waals surface area contributed by atoms with Crippen molar-refractivity contribution in [2.45, 2.75) is 43.4 Å². The van der Waals surface area contributed by atoms with Crippen LogP contribution in [-0.4, -0.2) is 23.1 Å².